The van der Waals surface area contributed by atoms with E-state index in [4.69, 9.17) is 0 Å². The average Bonchev–Trinajstić information content (AvgIpc) is 3.02. The summed E-state index contributed by atoms with van der Waals surface area (Å²) in [5.41, 5.74) is 8.44. The van der Waals surface area contributed by atoms with Crippen LogP contribution in [0.15, 0.2) is 85.5 Å². The molecule has 3 aromatic carbocycles. The van der Waals surface area contributed by atoms with Crippen molar-refractivity contribution in [3.63, 3.8) is 0 Å². The van der Waals surface area contributed by atoms with Crippen molar-refractivity contribution in [2.24, 2.45) is 0 Å². The topological polar surface area (TPSA) is 4.93 Å². The zero-order valence-corrected chi connectivity index (χ0v) is 15.8. The predicted octanol–water partition coefficient (Wildman–Crippen LogP) is 7.28. The van der Waals surface area contributed by atoms with Crippen LogP contribution < -0.4 is 0 Å². The van der Waals surface area contributed by atoms with Crippen molar-refractivity contribution in [1.82, 2.24) is 4.57 Å². The maximum absolute atomic E-state index is 4.04. The standard InChI is InChI=1S/C26H23N/c1-4-8-25-23(5-2)24-9-6-7-10-26(24)27(25)22-17-15-21(16-18-22)20-13-11-19(3)12-14-20/h4-18H,2H2,1,3H3/b8-4-. The van der Waals surface area contributed by atoms with Gasteiger partial charge in [0.05, 0.1) is 11.2 Å². The molecule has 0 spiro atoms. The van der Waals surface area contributed by atoms with E-state index in [9.17, 15) is 0 Å². The van der Waals surface area contributed by atoms with Gasteiger partial charge in [-0.3, -0.25) is 0 Å². The first-order valence-electron chi connectivity index (χ1n) is 9.29. The van der Waals surface area contributed by atoms with Crippen molar-refractivity contribution in [3.8, 4) is 16.8 Å². The molecule has 4 aromatic rings. The molecule has 0 amide bonds. The number of fused-ring (bicyclic) bond motifs is 1. The highest BCUT2D eigenvalue weighted by atomic mass is 15.0. The highest BCUT2D eigenvalue weighted by Crippen LogP contribution is 2.32. The van der Waals surface area contributed by atoms with Crippen molar-refractivity contribution >= 4 is 23.1 Å². The third-order valence-electron chi connectivity index (χ3n) is 4.99. The summed E-state index contributed by atoms with van der Waals surface area (Å²) in [6, 6.07) is 26.0. The molecule has 132 valence electrons. The van der Waals surface area contributed by atoms with Gasteiger partial charge < -0.3 is 4.57 Å². The maximum atomic E-state index is 4.04. The minimum atomic E-state index is 1.16. The van der Waals surface area contributed by atoms with Gasteiger partial charge in [0, 0.05) is 16.6 Å². The van der Waals surface area contributed by atoms with Crippen LogP contribution in [0, 0.1) is 6.92 Å². The van der Waals surface area contributed by atoms with Gasteiger partial charge in [0.1, 0.15) is 0 Å². The highest BCUT2D eigenvalue weighted by molar-refractivity contribution is 5.95. The van der Waals surface area contributed by atoms with E-state index in [-0.39, 0.29) is 0 Å². The van der Waals surface area contributed by atoms with Gasteiger partial charge in [-0.25, -0.2) is 0 Å². The lowest BCUT2D eigenvalue weighted by Crippen LogP contribution is -1.97. The SMILES string of the molecule is C=Cc1c(/C=C\C)n(-c2ccc(-c3ccc(C)cc3)cc2)c2ccccc12. The van der Waals surface area contributed by atoms with E-state index >= 15 is 0 Å². The first kappa shape index (κ1) is 17.1. The van der Waals surface area contributed by atoms with Gasteiger partial charge in [-0.2, -0.15) is 0 Å². The largest absolute Gasteiger partial charge is 0.309 e. The Morgan fingerprint density at radius 1 is 0.815 bits per heavy atom. The van der Waals surface area contributed by atoms with Crippen LogP contribution in [0.5, 0.6) is 0 Å². The lowest BCUT2D eigenvalue weighted by Gasteiger charge is -2.11. The van der Waals surface area contributed by atoms with E-state index in [1.54, 1.807) is 0 Å². The molecule has 0 atom stereocenters. The number of nitrogens with zero attached hydrogens (tertiary/aromatic N) is 1. The molecule has 0 fully saturated rings. The number of benzene rings is 3. The van der Waals surface area contributed by atoms with Gasteiger partial charge in [-0.1, -0.05) is 78.9 Å². The van der Waals surface area contributed by atoms with E-state index in [0.29, 0.717) is 0 Å². The van der Waals surface area contributed by atoms with Gasteiger partial charge in [-0.15, -0.1) is 0 Å². The van der Waals surface area contributed by atoms with Crippen LogP contribution in [-0.2, 0) is 0 Å². The molecular formula is C26H23N. The molecule has 0 saturated carbocycles. The summed E-state index contributed by atoms with van der Waals surface area (Å²) < 4.78 is 2.31. The van der Waals surface area contributed by atoms with Crippen LogP contribution in [-0.4, -0.2) is 4.57 Å². The first-order chi connectivity index (χ1) is 13.2. The molecule has 0 unspecified atom stereocenters. The molecule has 1 nitrogen and oxygen atoms in total. The second-order valence-electron chi connectivity index (χ2n) is 6.77. The Bertz CT molecular complexity index is 1120. The number of hydrogen-bond acceptors (Lipinski definition) is 0. The fourth-order valence-corrected chi connectivity index (χ4v) is 3.65. The molecular weight excluding hydrogens is 326 g/mol. The van der Waals surface area contributed by atoms with Crippen LogP contribution >= 0.6 is 0 Å². The van der Waals surface area contributed by atoms with E-state index in [1.165, 1.54) is 33.2 Å². The fourth-order valence-electron chi connectivity index (χ4n) is 3.65. The Kier molecular flexibility index (Phi) is 4.52. The number of para-hydroxylation sites is 1. The fraction of sp³-hybridized carbons (Fsp3) is 0.0769. The predicted molar refractivity (Wildman–Crippen MR) is 118 cm³/mol. The molecule has 27 heavy (non-hydrogen) atoms. The monoisotopic (exact) mass is 349 g/mol. The quantitative estimate of drug-likeness (QED) is 0.365. The molecule has 0 N–H and O–H groups in total. The molecule has 4 rings (SSSR count). The smallest absolute Gasteiger partial charge is 0.0541 e. The third kappa shape index (κ3) is 3.02. The Morgan fingerprint density at radius 3 is 2.07 bits per heavy atom. The summed E-state index contributed by atoms with van der Waals surface area (Å²) in [6.07, 6.45) is 6.19. The maximum Gasteiger partial charge on any atom is 0.0541 e. The van der Waals surface area contributed by atoms with Gasteiger partial charge in [0.15, 0.2) is 0 Å². The Morgan fingerprint density at radius 2 is 1.44 bits per heavy atom. The number of hydrogen-bond donors (Lipinski definition) is 0. The number of aromatic nitrogens is 1. The average molecular weight is 349 g/mol. The minimum absolute atomic E-state index is 1.16. The van der Waals surface area contributed by atoms with E-state index in [2.05, 4.69) is 110 Å². The number of aryl methyl sites for hydroxylation is 1. The van der Waals surface area contributed by atoms with Crippen LogP contribution in [0.25, 0.3) is 39.9 Å². The Labute approximate surface area is 160 Å². The molecule has 0 aliphatic rings. The second-order valence-corrected chi connectivity index (χ2v) is 6.77. The number of allylic oxidation sites excluding steroid dienone is 1. The van der Waals surface area contributed by atoms with Gasteiger partial charge >= 0.3 is 0 Å². The van der Waals surface area contributed by atoms with Gasteiger partial charge in [0.25, 0.3) is 0 Å². The van der Waals surface area contributed by atoms with Crippen molar-refractivity contribution in [1.29, 1.82) is 0 Å². The van der Waals surface area contributed by atoms with Crippen LogP contribution in [0.4, 0.5) is 0 Å². The zero-order valence-electron chi connectivity index (χ0n) is 15.8. The summed E-state index contributed by atoms with van der Waals surface area (Å²) in [6.45, 7) is 8.21. The third-order valence-corrected chi connectivity index (χ3v) is 4.99. The zero-order chi connectivity index (χ0) is 18.8. The van der Waals surface area contributed by atoms with Gasteiger partial charge in [0.2, 0.25) is 0 Å². The van der Waals surface area contributed by atoms with E-state index in [0.717, 1.165) is 11.4 Å². The molecule has 0 radical (unpaired) electrons. The van der Waals surface area contributed by atoms with Crippen LogP contribution in [0.3, 0.4) is 0 Å². The Hall–Kier alpha value is -3.32. The summed E-state index contributed by atoms with van der Waals surface area (Å²) in [5, 5.41) is 1.23. The molecule has 1 heteroatoms. The van der Waals surface area contributed by atoms with E-state index in [1.807, 2.05) is 6.08 Å². The van der Waals surface area contributed by atoms with Crippen molar-refractivity contribution < 1.29 is 0 Å². The summed E-state index contributed by atoms with van der Waals surface area (Å²) in [4.78, 5) is 0. The number of rotatable bonds is 4. The molecule has 0 saturated heterocycles. The molecule has 0 bridgehead atoms. The molecule has 1 aromatic heterocycles. The van der Waals surface area contributed by atoms with Crippen molar-refractivity contribution in [3.05, 3.63) is 102 Å². The van der Waals surface area contributed by atoms with Crippen LogP contribution in [0.2, 0.25) is 0 Å². The first-order valence-corrected chi connectivity index (χ1v) is 9.29. The highest BCUT2D eigenvalue weighted by Gasteiger charge is 2.14. The summed E-state index contributed by atoms with van der Waals surface area (Å²) >= 11 is 0. The second kappa shape index (κ2) is 7.13. The molecule has 0 aliphatic carbocycles. The van der Waals surface area contributed by atoms with Crippen molar-refractivity contribution in [2.75, 3.05) is 0 Å². The summed E-state index contributed by atoms with van der Waals surface area (Å²) in [7, 11) is 0. The molecule has 0 aliphatic heterocycles. The Balaban J connectivity index is 1.88. The van der Waals surface area contributed by atoms with Gasteiger partial charge in [-0.05, 0) is 49.2 Å². The van der Waals surface area contributed by atoms with E-state index < -0.39 is 0 Å². The van der Waals surface area contributed by atoms with Crippen LogP contribution in [0.1, 0.15) is 23.7 Å². The minimum Gasteiger partial charge on any atom is -0.309 e. The summed E-state index contributed by atoms with van der Waals surface area (Å²) in [5.74, 6) is 0. The lowest BCUT2D eigenvalue weighted by molar-refractivity contribution is 1.10. The van der Waals surface area contributed by atoms with Crippen molar-refractivity contribution in [2.45, 2.75) is 13.8 Å². The lowest BCUT2D eigenvalue weighted by atomic mass is 10.0. The normalized spacial score (nSPS) is 11.3. The molecule has 1 heterocycles.